The molecule has 0 unspecified atom stereocenters. The molecule has 3 aliphatic rings. The number of hydrogen-bond acceptors (Lipinski definition) is 6. The molecule has 1 fully saturated rings. The maximum atomic E-state index is 11.5. The van der Waals surface area contributed by atoms with Crippen molar-refractivity contribution < 1.29 is 24.9 Å². The van der Waals surface area contributed by atoms with E-state index in [-0.39, 0.29) is 25.0 Å². The number of nitrogens with zero attached hydrogens (tertiary/aromatic N) is 1. The molecule has 2 aliphatic carbocycles. The third-order valence-electron chi connectivity index (χ3n) is 6.25. The summed E-state index contributed by atoms with van der Waals surface area (Å²) in [5.74, 6) is -0.268. The fraction of sp³-hybridized carbons (Fsp3) is 0.476. The lowest BCUT2D eigenvalue weighted by Crippen LogP contribution is -2.55. The van der Waals surface area contributed by atoms with Crippen molar-refractivity contribution in [2.24, 2.45) is 0 Å². The largest absolute Gasteiger partial charge is 0.507 e. The molecule has 0 radical (unpaired) electrons. The molecule has 2 bridgehead atoms. The first-order valence-corrected chi connectivity index (χ1v) is 9.28. The number of rotatable bonds is 3. The Morgan fingerprint density at radius 2 is 2.11 bits per heavy atom. The molecule has 4 rings (SSSR count). The summed E-state index contributed by atoms with van der Waals surface area (Å²) in [6.07, 6.45) is 4.83. The Bertz CT molecular complexity index is 858. The van der Waals surface area contributed by atoms with Crippen LogP contribution in [0.4, 0.5) is 0 Å². The van der Waals surface area contributed by atoms with Crippen LogP contribution in [-0.2, 0) is 28.0 Å². The van der Waals surface area contributed by atoms with Crippen molar-refractivity contribution in [1.82, 2.24) is 4.90 Å². The first kappa shape index (κ1) is 18.2. The molecule has 6 nitrogen and oxygen atoms in total. The number of esters is 1. The normalized spacial score (nSPS) is 29.3. The van der Waals surface area contributed by atoms with Crippen molar-refractivity contribution in [3.8, 4) is 5.75 Å². The summed E-state index contributed by atoms with van der Waals surface area (Å²) in [5.41, 5.74) is 3.54. The van der Waals surface area contributed by atoms with Crippen LogP contribution in [0.2, 0.25) is 0 Å². The highest BCUT2D eigenvalue weighted by Crippen LogP contribution is 2.55. The third-order valence-corrected chi connectivity index (χ3v) is 6.25. The molecule has 6 heteroatoms. The molecule has 3 N–H and O–H groups in total. The Hall–Kier alpha value is -2.15. The number of aliphatic hydroxyl groups excluding tert-OH is 2. The Morgan fingerprint density at radius 1 is 1.33 bits per heavy atom. The molecule has 144 valence electrons. The maximum absolute atomic E-state index is 11.5. The minimum absolute atomic E-state index is 0.128. The fourth-order valence-corrected chi connectivity index (χ4v) is 4.98. The zero-order valence-corrected chi connectivity index (χ0v) is 15.6. The lowest BCUT2D eigenvalue weighted by molar-refractivity contribution is -0.143. The van der Waals surface area contributed by atoms with Gasteiger partial charge in [0.1, 0.15) is 11.9 Å². The highest BCUT2D eigenvalue weighted by Gasteiger charge is 2.51. The number of hydrogen-bond donors (Lipinski definition) is 3. The molecule has 1 aliphatic heterocycles. The number of piperidine rings is 1. The monoisotopic (exact) mass is 371 g/mol. The number of allylic oxidation sites excluding steroid dienone is 1. The Labute approximate surface area is 158 Å². The molecule has 1 heterocycles. The van der Waals surface area contributed by atoms with E-state index >= 15 is 0 Å². The van der Waals surface area contributed by atoms with Gasteiger partial charge < -0.3 is 20.1 Å². The van der Waals surface area contributed by atoms with Gasteiger partial charge in [0.2, 0.25) is 0 Å². The van der Waals surface area contributed by atoms with Gasteiger partial charge in [-0.2, -0.15) is 0 Å². The molecule has 0 amide bonds. The first-order chi connectivity index (χ1) is 12.9. The number of benzene rings is 1. The zero-order valence-electron chi connectivity index (χ0n) is 15.6. The summed E-state index contributed by atoms with van der Waals surface area (Å²) in [4.78, 5) is 13.8. The molecule has 1 saturated heterocycles. The van der Waals surface area contributed by atoms with Gasteiger partial charge >= 0.3 is 5.97 Å². The van der Waals surface area contributed by atoms with E-state index in [0.717, 1.165) is 36.1 Å². The van der Waals surface area contributed by atoms with Crippen LogP contribution in [0.15, 0.2) is 35.4 Å². The number of aromatic hydroxyl groups is 1. The topological polar surface area (TPSA) is 90.2 Å². The van der Waals surface area contributed by atoms with Crippen molar-refractivity contribution >= 4 is 5.97 Å². The number of carbonyl (C=O) groups is 1. The van der Waals surface area contributed by atoms with Gasteiger partial charge in [0.15, 0.2) is 0 Å². The third kappa shape index (κ3) is 2.63. The second kappa shape index (κ2) is 6.48. The van der Waals surface area contributed by atoms with Crippen LogP contribution < -0.4 is 0 Å². The molecule has 0 spiro atoms. The molecule has 1 aromatic carbocycles. The Kier molecular flexibility index (Phi) is 4.37. The van der Waals surface area contributed by atoms with Crippen molar-refractivity contribution in [1.29, 1.82) is 0 Å². The number of ether oxygens (including phenoxy) is 1. The zero-order chi connectivity index (χ0) is 19.3. The Balaban J connectivity index is 1.96. The van der Waals surface area contributed by atoms with E-state index in [4.69, 9.17) is 4.74 Å². The second-order valence-corrected chi connectivity index (χ2v) is 7.72. The van der Waals surface area contributed by atoms with Crippen LogP contribution in [0.5, 0.6) is 5.75 Å². The van der Waals surface area contributed by atoms with Crippen LogP contribution >= 0.6 is 0 Å². The van der Waals surface area contributed by atoms with Crippen molar-refractivity contribution in [3.05, 3.63) is 52.1 Å². The fourth-order valence-electron chi connectivity index (χ4n) is 4.98. The lowest BCUT2D eigenvalue weighted by Gasteiger charge is -2.53. The van der Waals surface area contributed by atoms with Crippen molar-refractivity contribution in [2.45, 2.75) is 43.9 Å². The van der Waals surface area contributed by atoms with Gasteiger partial charge in [-0.1, -0.05) is 18.2 Å². The van der Waals surface area contributed by atoms with Gasteiger partial charge in [0.05, 0.1) is 13.2 Å². The highest BCUT2D eigenvalue weighted by atomic mass is 16.5. The van der Waals surface area contributed by atoms with Gasteiger partial charge in [0.25, 0.3) is 0 Å². The molecule has 0 aromatic heterocycles. The number of likely N-dealkylation sites (tertiary alicyclic amines) is 1. The molecule has 27 heavy (non-hydrogen) atoms. The summed E-state index contributed by atoms with van der Waals surface area (Å²) >= 11 is 0. The van der Waals surface area contributed by atoms with Crippen LogP contribution in [0.3, 0.4) is 0 Å². The number of fused-ring (bicyclic) bond motifs is 1. The average Bonchev–Trinajstić information content (AvgIpc) is 2.64. The summed E-state index contributed by atoms with van der Waals surface area (Å²) in [6.45, 7) is 1.75. The minimum atomic E-state index is -0.589. The van der Waals surface area contributed by atoms with Crippen molar-refractivity contribution in [2.75, 3.05) is 20.2 Å². The number of phenols is 1. The summed E-state index contributed by atoms with van der Waals surface area (Å²) < 4.78 is 5.44. The summed E-state index contributed by atoms with van der Waals surface area (Å²) in [7, 11) is 2.08. The van der Waals surface area contributed by atoms with Crippen LogP contribution in [0.1, 0.15) is 30.0 Å². The number of likely N-dealkylation sites (N-methyl/N-ethyl adjacent to an activating group) is 1. The average molecular weight is 371 g/mol. The highest BCUT2D eigenvalue weighted by molar-refractivity contribution is 5.68. The molecular formula is C21H25NO5. The van der Waals surface area contributed by atoms with Crippen molar-refractivity contribution in [3.63, 3.8) is 0 Å². The summed E-state index contributed by atoms with van der Waals surface area (Å²) in [6, 6.07) is 3.90. The van der Waals surface area contributed by atoms with E-state index < -0.39 is 17.5 Å². The quantitative estimate of drug-likeness (QED) is 0.546. The van der Waals surface area contributed by atoms with Crippen LogP contribution in [0.25, 0.3) is 0 Å². The standard InChI is InChI=1S/C21H25NO5/c1-12(25)27-18-8-16-17-7-13-3-4-14(10-23)20(26)19(13)21(16,5-6-22(17)2)9-15(18)11-24/h3-4,8-9,17-18,23-24,26H,5-7,10-11H2,1-2H3/t17-,18+,21+/m1/s1. The number of carbonyl (C=O) groups excluding carboxylic acids is 1. The Morgan fingerprint density at radius 3 is 2.78 bits per heavy atom. The molecule has 3 atom stereocenters. The SMILES string of the molecule is CC(=O)O[C@H]1C=C2[C@H]3Cc4ccc(CO)c(O)c4[C@]2(C=C1CO)CCN3C. The van der Waals surface area contributed by atoms with Gasteiger partial charge in [-0.05, 0) is 49.2 Å². The van der Waals surface area contributed by atoms with Crippen LogP contribution in [0, 0.1) is 0 Å². The second-order valence-electron chi connectivity index (χ2n) is 7.72. The molecule has 0 saturated carbocycles. The van der Waals surface area contributed by atoms with Gasteiger partial charge in [-0.3, -0.25) is 9.69 Å². The van der Waals surface area contributed by atoms with E-state index in [2.05, 4.69) is 11.9 Å². The van der Waals surface area contributed by atoms with Gasteiger partial charge in [0, 0.05) is 29.5 Å². The van der Waals surface area contributed by atoms with E-state index in [1.807, 2.05) is 18.2 Å². The van der Waals surface area contributed by atoms with E-state index in [1.165, 1.54) is 6.92 Å². The maximum Gasteiger partial charge on any atom is 0.303 e. The van der Waals surface area contributed by atoms with Crippen LogP contribution in [-0.4, -0.2) is 58.5 Å². The molecular weight excluding hydrogens is 346 g/mol. The van der Waals surface area contributed by atoms with E-state index in [9.17, 15) is 20.1 Å². The number of aliphatic hydroxyl groups is 2. The van der Waals surface area contributed by atoms with E-state index in [1.54, 1.807) is 6.07 Å². The predicted molar refractivity (Wildman–Crippen MR) is 99.3 cm³/mol. The smallest absolute Gasteiger partial charge is 0.303 e. The minimum Gasteiger partial charge on any atom is -0.507 e. The predicted octanol–water partition coefficient (Wildman–Crippen LogP) is 1.17. The summed E-state index contributed by atoms with van der Waals surface area (Å²) in [5, 5.41) is 30.5. The molecule has 1 aromatic rings. The van der Waals surface area contributed by atoms with Gasteiger partial charge in [-0.25, -0.2) is 0 Å². The van der Waals surface area contributed by atoms with Gasteiger partial charge in [-0.15, -0.1) is 0 Å². The van der Waals surface area contributed by atoms with E-state index in [0.29, 0.717) is 11.1 Å². The first-order valence-electron chi connectivity index (χ1n) is 9.28. The lowest BCUT2D eigenvalue weighted by atomic mass is 9.57.